The van der Waals surface area contributed by atoms with Crippen molar-refractivity contribution in [3.63, 3.8) is 0 Å². The van der Waals surface area contributed by atoms with Crippen LogP contribution < -0.4 is 5.32 Å². The zero-order chi connectivity index (χ0) is 11.8. The fraction of sp³-hybridized carbons (Fsp3) is 0.500. The minimum Gasteiger partial charge on any atom is -0.316 e. The van der Waals surface area contributed by atoms with Crippen LogP contribution in [0.3, 0.4) is 0 Å². The molecule has 1 fully saturated rings. The second kappa shape index (κ2) is 4.18. The highest BCUT2D eigenvalue weighted by Crippen LogP contribution is 2.26. The molecule has 1 saturated heterocycles. The zero-order valence-electron chi connectivity index (χ0n) is 9.66. The van der Waals surface area contributed by atoms with E-state index in [9.17, 15) is 8.42 Å². The minimum absolute atomic E-state index is 0.459. The van der Waals surface area contributed by atoms with Gasteiger partial charge in [-0.15, -0.1) is 0 Å². The van der Waals surface area contributed by atoms with Gasteiger partial charge in [0.2, 0.25) is 0 Å². The first-order valence-electron chi connectivity index (χ1n) is 5.50. The van der Waals surface area contributed by atoms with Crippen LogP contribution in [0.5, 0.6) is 0 Å². The van der Waals surface area contributed by atoms with Crippen molar-refractivity contribution >= 4 is 9.84 Å². The van der Waals surface area contributed by atoms with E-state index in [0.717, 1.165) is 30.6 Å². The summed E-state index contributed by atoms with van der Waals surface area (Å²) >= 11 is 0. The molecule has 1 heterocycles. The minimum atomic E-state index is -3.11. The quantitative estimate of drug-likeness (QED) is 0.850. The lowest BCUT2D eigenvalue weighted by Crippen LogP contribution is -2.09. The molecule has 0 spiro atoms. The molecule has 0 saturated carbocycles. The second-order valence-electron chi connectivity index (χ2n) is 4.49. The van der Waals surface area contributed by atoms with E-state index >= 15 is 0 Å². The first-order chi connectivity index (χ1) is 7.48. The first kappa shape index (κ1) is 11.6. The molecule has 1 atom stereocenters. The smallest absolute Gasteiger partial charge is 0.175 e. The van der Waals surface area contributed by atoms with E-state index in [-0.39, 0.29) is 0 Å². The molecule has 0 amide bonds. The van der Waals surface area contributed by atoms with E-state index in [1.165, 1.54) is 6.26 Å². The van der Waals surface area contributed by atoms with E-state index in [1.54, 1.807) is 0 Å². The molecule has 3 nitrogen and oxygen atoms in total. The van der Waals surface area contributed by atoms with Crippen molar-refractivity contribution in [3.8, 4) is 0 Å². The predicted octanol–water partition coefficient (Wildman–Crippen LogP) is 1.48. The number of benzene rings is 1. The normalized spacial score (nSPS) is 21.2. The summed E-state index contributed by atoms with van der Waals surface area (Å²) in [7, 11) is -3.11. The maximum atomic E-state index is 11.6. The molecule has 88 valence electrons. The van der Waals surface area contributed by atoms with Crippen LogP contribution in [-0.4, -0.2) is 27.8 Å². The van der Waals surface area contributed by atoms with Crippen LogP contribution >= 0.6 is 0 Å². The Bertz CT molecular complexity index is 488. The highest BCUT2D eigenvalue weighted by molar-refractivity contribution is 7.90. The largest absolute Gasteiger partial charge is 0.316 e. The fourth-order valence-electron chi connectivity index (χ4n) is 2.21. The number of rotatable bonds is 2. The van der Waals surface area contributed by atoms with E-state index in [4.69, 9.17) is 0 Å². The Kier molecular flexibility index (Phi) is 3.04. The van der Waals surface area contributed by atoms with Gasteiger partial charge in [0.15, 0.2) is 9.84 Å². The molecule has 16 heavy (non-hydrogen) atoms. The summed E-state index contributed by atoms with van der Waals surface area (Å²) in [6, 6.07) is 5.79. The Balaban J connectivity index is 2.43. The Morgan fingerprint density at radius 2 is 2.12 bits per heavy atom. The van der Waals surface area contributed by atoms with Gasteiger partial charge >= 0.3 is 0 Å². The molecule has 0 aliphatic carbocycles. The standard InChI is InChI=1S/C12H17NO2S/c1-9-3-4-10(11-5-6-13-8-11)7-12(9)16(2,14)15/h3-4,7,11,13H,5-6,8H2,1-2H3. The predicted molar refractivity (Wildman–Crippen MR) is 64.5 cm³/mol. The highest BCUT2D eigenvalue weighted by Gasteiger charge is 2.19. The van der Waals surface area contributed by atoms with Crippen molar-refractivity contribution < 1.29 is 8.42 Å². The molecule has 1 N–H and O–H groups in total. The van der Waals surface area contributed by atoms with Gasteiger partial charge in [-0.3, -0.25) is 0 Å². The number of aryl methyl sites for hydroxylation is 1. The second-order valence-corrected chi connectivity index (χ2v) is 6.47. The van der Waals surface area contributed by atoms with E-state index in [0.29, 0.717) is 10.8 Å². The van der Waals surface area contributed by atoms with Crippen LogP contribution in [0.25, 0.3) is 0 Å². The Labute approximate surface area is 96.8 Å². The van der Waals surface area contributed by atoms with Gasteiger partial charge in [-0.05, 0) is 43.0 Å². The summed E-state index contributed by atoms with van der Waals surface area (Å²) in [6.07, 6.45) is 2.36. The van der Waals surface area contributed by atoms with Crippen LogP contribution in [0.4, 0.5) is 0 Å². The first-order valence-corrected chi connectivity index (χ1v) is 7.39. The zero-order valence-corrected chi connectivity index (χ0v) is 10.5. The number of nitrogens with one attached hydrogen (secondary N) is 1. The average molecular weight is 239 g/mol. The van der Waals surface area contributed by atoms with Gasteiger partial charge in [-0.1, -0.05) is 12.1 Å². The van der Waals surface area contributed by atoms with E-state index in [1.807, 2.05) is 25.1 Å². The SMILES string of the molecule is Cc1ccc(C2CCNC2)cc1S(C)(=O)=O. The van der Waals surface area contributed by atoms with Crippen molar-refractivity contribution in [2.24, 2.45) is 0 Å². The summed E-state index contributed by atoms with van der Waals surface area (Å²) in [5, 5.41) is 3.29. The van der Waals surface area contributed by atoms with Crippen LogP contribution in [-0.2, 0) is 9.84 Å². The van der Waals surface area contributed by atoms with Gasteiger partial charge in [0.05, 0.1) is 4.90 Å². The Morgan fingerprint density at radius 3 is 2.69 bits per heavy atom. The molecule has 1 aliphatic heterocycles. The van der Waals surface area contributed by atoms with Crippen LogP contribution in [0.1, 0.15) is 23.5 Å². The molecule has 1 aromatic rings. The third-order valence-corrected chi connectivity index (χ3v) is 4.38. The van der Waals surface area contributed by atoms with Gasteiger partial charge in [0.1, 0.15) is 0 Å². The van der Waals surface area contributed by atoms with Crippen molar-refractivity contribution in [2.45, 2.75) is 24.2 Å². The fourth-order valence-corrected chi connectivity index (χ4v) is 3.21. The molecule has 0 radical (unpaired) electrons. The van der Waals surface area contributed by atoms with E-state index in [2.05, 4.69) is 5.32 Å². The number of hydrogen-bond acceptors (Lipinski definition) is 3. The molecule has 0 bridgehead atoms. The van der Waals surface area contributed by atoms with Gasteiger partial charge < -0.3 is 5.32 Å². The van der Waals surface area contributed by atoms with Crippen molar-refractivity contribution in [1.82, 2.24) is 5.32 Å². The summed E-state index contributed by atoms with van der Waals surface area (Å²) in [5.41, 5.74) is 1.97. The lowest BCUT2D eigenvalue weighted by atomic mass is 9.97. The summed E-state index contributed by atoms with van der Waals surface area (Å²) in [6.45, 7) is 3.81. The summed E-state index contributed by atoms with van der Waals surface area (Å²) in [4.78, 5) is 0.469. The monoisotopic (exact) mass is 239 g/mol. The van der Waals surface area contributed by atoms with Gasteiger partial charge in [-0.2, -0.15) is 0 Å². The van der Waals surface area contributed by atoms with Crippen molar-refractivity contribution in [3.05, 3.63) is 29.3 Å². The van der Waals surface area contributed by atoms with Crippen molar-refractivity contribution in [2.75, 3.05) is 19.3 Å². The van der Waals surface area contributed by atoms with Gasteiger partial charge in [0, 0.05) is 12.8 Å². The van der Waals surface area contributed by atoms with Crippen LogP contribution in [0.15, 0.2) is 23.1 Å². The molecule has 0 aromatic heterocycles. The molecule has 1 unspecified atom stereocenters. The molecular formula is C12H17NO2S. The van der Waals surface area contributed by atoms with Gasteiger partial charge in [-0.25, -0.2) is 8.42 Å². The Hall–Kier alpha value is -0.870. The van der Waals surface area contributed by atoms with Crippen LogP contribution in [0.2, 0.25) is 0 Å². The number of sulfone groups is 1. The third kappa shape index (κ3) is 2.28. The highest BCUT2D eigenvalue weighted by atomic mass is 32.2. The van der Waals surface area contributed by atoms with Gasteiger partial charge in [0.25, 0.3) is 0 Å². The van der Waals surface area contributed by atoms with Crippen LogP contribution in [0, 0.1) is 6.92 Å². The molecule has 4 heteroatoms. The molecular weight excluding hydrogens is 222 g/mol. The summed E-state index contributed by atoms with van der Waals surface area (Å²) < 4.78 is 23.2. The topological polar surface area (TPSA) is 46.2 Å². The Morgan fingerprint density at radius 1 is 1.38 bits per heavy atom. The molecule has 1 aliphatic rings. The number of hydrogen-bond donors (Lipinski definition) is 1. The molecule has 2 rings (SSSR count). The maximum absolute atomic E-state index is 11.6. The maximum Gasteiger partial charge on any atom is 0.175 e. The van der Waals surface area contributed by atoms with E-state index < -0.39 is 9.84 Å². The van der Waals surface area contributed by atoms with Crippen molar-refractivity contribution in [1.29, 1.82) is 0 Å². The average Bonchev–Trinajstić information content (AvgIpc) is 2.69. The molecule has 1 aromatic carbocycles. The lowest BCUT2D eigenvalue weighted by Gasteiger charge is -2.12. The lowest BCUT2D eigenvalue weighted by molar-refractivity contribution is 0.601. The third-order valence-electron chi connectivity index (χ3n) is 3.14. The summed E-state index contributed by atoms with van der Waals surface area (Å²) in [5.74, 6) is 0.459.